The largest absolute Gasteiger partial charge is 0.338 e. The van der Waals surface area contributed by atoms with Gasteiger partial charge in [0.2, 0.25) is 5.91 Å². The standard InChI is InChI=1S/C18H19ClN6O3/c1-22-16-15(17(27)23(2)18(22)28)24(11-21-16)10-14(26)25(8-4-7-20)13-6-3-5-12(19)9-13/h3,5-6,9,11,15-16H,4,8,10H2,1-2H3. The number of imide groups is 1. The van der Waals surface area contributed by atoms with E-state index in [2.05, 4.69) is 4.99 Å². The van der Waals surface area contributed by atoms with E-state index >= 15 is 0 Å². The molecule has 2 aliphatic rings. The molecule has 10 heteroatoms. The third-order valence-corrected chi connectivity index (χ3v) is 5.00. The van der Waals surface area contributed by atoms with Crippen LogP contribution in [0.1, 0.15) is 6.42 Å². The van der Waals surface area contributed by atoms with Crippen molar-refractivity contribution in [3.8, 4) is 6.07 Å². The average molecular weight is 403 g/mol. The molecule has 0 aliphatic carbocycles. The van der Waals surface area contributed by atoms with Gasteiger partial charge in [-0.1, -0.05) is 17.7 Å². The number of carbonyl (C=O) groups excluding carboxylic acids is 3. The SMILES string of the molecule is CN1C(=O)C2C(N=CN2CC(=O)N(CCC#N)c2cccc(Cl)c2)N(C)C1=O. The van der Waals surface area contributed by atoms with Crippen LogP contribution < -0.4 is 4.90 Å². The number of nitriles is 1. The van der Waals surface area contributed by atoms with Crippen molar-refractivity contribution in [2.24, 2.45) is 4.99 Å². The first-order valence-corrected chi connectivity index (χ1v) is 8.99. The van der Waals surface area contributed by atoms with Crippen molar-refractivity contribution in [2.75, 3.05) is 32.1 Å². The van der Waals surface area contributed by atoms with Crippen molar-refractivity contribution in [2.45, 2.75) is 18.6 Å². The van der Waals surface area contributed by atoms with Gasteiger partial charge in [-0.25, -0.2) is 9.79 Å². The van der Waals surface area contributed by atoms with E-state index in [1.54, 1.807) is 31.3 Å². The first kappa shape index (κ1) is 19.6. The molecule has 3 rings (SSSR count). The number of hydrogen-bond acceptors (Lipinski definition) is 6. The summed E-state index contributed by atoms with van der Waals surface area (Å²) < 4.78 is 0. The molecule has 2 unspecified atom stereocenters. The summed E-state index contributed by atoms with van der Waals surface area (Å²) in [7, 11) is 2.97. The summed E-state index contributed by atoms with van der Waals surface area (Å²) in [6.07, 6.45) is 0.911. The normalized spacial score (nSPS) is 21.0. The molecule has 146 valence electrons. The predicted octanol–water partition coefficient (Wildman–Crippen LogP) is 1.15. The zero-order chi connectivity index (χ0) is 20.4. The van der Waals surface area contributed by atoms with Gasteiger partial charge in [0.1, 0.15) is 0 Å². The lowest BCUT2D eigenvalue weighted by molar-refractivity contribution is -0.136. The van der Waals surface area contributed by atoms with Crippen molar-refractivity contribution in [1.82, 2.24) is 14.7 Å². The van der Waals surface area contributed by atoms with Gasteiger partial charge in [-0.15, -0.1) is 0 Å². The maximum absolute atomic E-state index is 13.0. The van der Waals surface area contributed by atoms with E-state index < -0.39 is 24.1 Å². The Bertz CT molecular complexity index is 882. The number of anilines is 1. The van der Waals surface area contributed by atoms with Crippen LogP contribution in [0.4, 0.5) is 10.5 Å². The van der Waals surface area contributed by atoms with Gasteiger partial charge in [-0.3, -0.25) is 14.5 Å². The molecule has 2 heterocycles. The van der Waals surface area contributed by atoms with Gasteiger partial charge < -0.3 is 14.7 Å². The third-order valence-electron chi connectivity index (χ3n) is 4.76. The number of hydrogen-bond donors (Lipinski definition) is 0. The molecule has 0 bridgehead atoms. The van der Waals surface area contributed by atoms with Gasteiger partial charge >= 0.3 is 6.03 Å². The van der Waals surface area contributed by atoms with Crippen molar-refractivity contribution >= 4 is 41.5 Å². The van der Waals surface area contributed by atoms with Crippen molar-refractivity contribution in [3.63, 3.8) is 0 Å². The number of aliphatic imine (C=N–C) groups is 1. The number of benzene rings is 1. The van der Waals surface area contributed by atoms with Crippen molar-refractivity contribution < 1.29 is 14.4 Å². The molecule has 4 amide bonds. The molecule has 0 N–H and O–H groups in total. The van der Waals surface area contributed by atoms with Gasteiger partial charge in [-0.2, -0.15) is 5.26 Å². The second-order valence-corrected chi connectivity index (χ2v) is 6.96. The molecule has 9 nitrogen and oxygen atoms in total. The van der Waals surface area contributed by atoms with Crippen LogP contribution in [0.5, 0.6) is 0 Å². The summed E-state index contributed by atoms with van der Waals surface area (Å²) in [6, 6.07) is 7.62. The highest BCUT2D eigenvalue weighted by atomic mass is 35.5. The molecular formula is C18H19ClN6O3. The second kappa shape index (κ2) is 7.86. The predicted molar refractivity (Wildman–Crippen MR) is 103 cm³/mol. The van der Waals surface area contributed by atoms with Gasteiger partial charge in [0.15, 0.2) is 12.2 Å². The van der Waals surface area contributed by atoms with E-state index in [4.69, 9.17) is 16.9 Å². The minimum atomic E-state index is -0.756. The lowest BCUT2D eigenvalue weighted by Crippen LogP contribution is -2.64. The van der Waals surface area contributed by atoms with E-state index in [1.165, 1.54) is 28.1 Å². The summed E-state index contributed by atoms with van der Waals surface area (Å²) in [6.45, 7) is 0.0746. The minimum Gasteiger partial charge on any atom is -0.338 e. The lowest BCUT2D eigenvalue weighted by atomic mass is 10.1. The Kier molecular flexibility index (Phi) is 5.51. The van der Waals surface area contributed by atoms with Gasteiger partial charge in [0.25, 0.3) is 5.91 Å². The summed E-state index contributed by atoms with van der Waals surface area (Å²) in [4.78, 5) is 47.3. The average Bonchev–Trinajstić information content (AvgIpc) is 3.08. The molecule has 0 aromatic heterocycles. The lowest BCUT2D eigenvalue weighted by Gasteiger charge is -2.39. The molecule has 2 atom stereocenters. The Morgan fingerprint density at radius 2 is 2.11 bits per heavy atom. The van der Waals surface area contributed by atoms with E-state index in [0.717, 1.165) is 4.90 Å². The van der Waals surface area contributed by atoms with E-state index in [9.17, 15) is 14.4 Å². The number of nitrogens with zero attached hydrogens (tertiary/aromatic N) is 6. The molecule has 0 spiro atoms. The Labute approximate surface area is 167 Å². The van der Waals surface area contributed by atoms with Crippen LogP contribution in [-0.2, 0) is 9.59 Å². The molecule has 1 aromatic rings. The van der Waals surface area contributed by atoms with Gasteiger partial charge in [0.05, 0.1) is 25.4 Å². The summed E-state index contributed by atoms with van der Waals surface area (Å²) in [5.41, 5.74) is 0.569. The third kappa shape index (κ3) is 3.51. The monoisotopic (exact) mass is 402 g/mol. The smallest absolute Gasteiger partial charge is 0.328 e. The van der Waals surface area contributed by atoms with Crippen molar-refractivity contribution in [1.29, 1.82) is 5.26 Å². The zero-order valence-corrected chi connectivity index (χ0v) is 16.2. The maximum Gasteiger partial charge on any atom is 0.328 e. The fourth-order valence-electron chi connectivity index (χ4n) is 3.29. The Balaban J connectivity index is 1.80. The minimum absolute atomic E-state index is 0.121. The molecular weight excluding hydrogens is 384 g/mol. The van der Waals surface area contributed by atoms with Crippen LogP contribution >= 0.6 is 11.6 Å². The number of likely N-dealkylation sites (N-methyl/N-ethyl adjacent to an activating group) is 2. The molecule has 1 saturated heterocycles. The molecule has 1 aromatic carbocycles. The topological polar surface area (TPSA) is 100 Å². The number of fused-ring (bicyclic) bond motifs is 1. The fraction of sp³-hybridized carbons (Fsp3) is 0.389. The van der Waals surface area contributed by atoms with Crippen LogP contribution in [0.15, 0.2) is 29.3 Å². The number of amides is 4. The first-order valence-electron chi connectivity index (χ1n) is 8.61. The highest BCUT2D eigenvalue weighted by Crippen LogP contribution is 2.25. The van der Waals surface area contributed by atoms with Gasteiger partial charge in [-0.05, 0) is 18.2 Å². The van der Waals surface area contributed by atoms with Gasteiger partial charge in [0, 0.05) is 31.4 Å². The van der Waals surface area contributed by atoms with E-state index in [0.29, 0.717) is 10.7 Å². The Hall–Kier alpha value is -3.12. The summed E-state index contributed by atoms with van der Waals surface area (Å²) in [5, 5.41) is 9.39. The fourth-order valence-corrected chi connectivity index (χ4v) is 3.47. The van der Waals surface area contributed by atoms with Crippen molar-refractivity contribution in [3.05, 3.63) is 29.3 Å². The second-order valence-electron chi connectivity index (χ2n) is 6.52. The van der Waals surface area contributed by atoms with Crippen LogP contribution in [0.3, 0.4) is 0 Å². The molecule has 0 saturated carbocycles. The number of rotatable bonds is 5. The quantitative estimate of drug-likeness (QED) is 0.735. The van der Waals surface area contributed by atoms with E-state index in [1.807, 2.05) is 6.07 Å². The summed E-state index contributed by atoms with van der Waals surface area (Å²) in [5.74, 6) is -0.718. The number of carbonyl (C=O) groups is 3. The first-order chi connectivity index (χ1) is 13.3. The highest BCUT2D eigenvalue weighted by Gasteiger charge is 2.48. The maximum atomic E-state index is 13.0. The Morgan fingerprint density at radius 1 is 1.36 bits per heavy atom. The molecule has 0 radical (unpaired) electrons. The zero-order valence-electron chi connectivity index (χ0n) is 15.4. The molecule has 1 fully saturated rings. The Morgan fingerprint density at radius 3 is 2.79 bits per heavy atom. The number of halogens is 1. The van der Waals surface area contributed by atoms with E-state index in [-0.39, 0.29) is 25.4 Å². The molecule has 28 heavy (non-hydrogen) atoms. The summed E-state index contributed by atoms with van der Waals surface area (Å²) >= 11 is 6.03. The van der Waals surface area contributed by atoms with Crippen LogP contribution in [-0.4, -0.2) is 78.3 Å². The van der Waals surface area contributed by atoms with Crippen LogP contribution in [0.2, 0.25) is 5.02 Å². The highest BCUT2D eigenvalue weighted by molar-refractivity contribution is 6.30. The molecule has 2 aliphatic heterocycles. The number of urea groups is 1. The van der Waals surface area contributed by atoms with Crippen LogP contribution in [0, 0.1) is 11.3 Å². The van der Waals surface area contributed by atoms with Crippen LogP contribution in [0.25, 0.3) is 0 Å².